The van der Waals surface area contributed by atoms with Crippen molar-refractivity contribution >= 4 is 11.5 Å². The Bertz CT molecular complexity index is 611. The van der Waals surface area contributed by atoms with Crippen molar-refractivity contribution in [3.05, 3.63) is 17.8 Å². The Morgan fingerprint density at radius 1 is 1.19 bits per heavy atom. The second kappa shape index (κ2) is 8.36. The molecule has 1 saturated carbocycles. The first-order chi connectivity index (χ1) is 13.1. The van der Waals surface area contributed by atoms with E-state index < -0.39 is 0 Å². The summed E-state index contributed by atoms with van der Waals surface area (Å²) in [5.74, 6) is 1.88. The summed E-state index contributed by atoms with van der Waals surface area (Å²) >= 11 is 0. The van der Waals surface area contributed by atoms with E-state index >= 15 is 0 Å². The Morgan fingerprint density at radius 3 is 2.63 bits per heavy atom. The first kappa shape index (κ1) is 19.0. The lowest BCUT2D eigenvalue weighted by Gasteiger charge is -2.44. The number of anilines is 2. The van der Waals surface area contributed by atoms with Crippen molar-refractivity contribution in [3.8, 4) is 0 Å². The first-order valence-electron chi connectivity index (χ1n) is 10.9. The van der Waals surface area contributed by atoms with E-state index in [1.165, 1.54) is 57.1 Å². The number of piperidine rings is 1. The van der Waals surface area contributed by atoms with Gasteiger partial charge in [-0.3, -0.25) is 0 Å². The number of nitrogens with two attached hydrogens (primary N) is 1. The first-order valence-corrected chi connectivity index (χ1v) is 10.9. The number of hydrogen-bond donors (Lipinski definition) is 2. The van der Waals surface area contributed by atoms with Crippen LogP contribution >= 0.6 is 0 Å². The van der Waals surface area contributed by atoms with Crippen LogP contribution in [0.2, 0.25) is 0 Å². The quantitative estimate of drug-likeness (QED) is 0.843. The largest absolute Gasteiger partial charge is 0.383 e. The maximum Gasteiger partial charge on any atom is 0.128 e. The van der Waals surface area contributed by atoms with Gasteiger partial charge in [-0.15, -0.1) is 0 Å². The second-order valence-electron chi connectivity index (χ2n) is 9.11. The molecule has 3 N–H and O–H groups in total. The number of nitrogens with one attached hydrogen (secondary N) is 1. The fourth-order valence-corrected chi connectivity index (χ4v) is 5.07. The molecular weight excluding hydrogens is 336 g/mol. The van der Waals surface area contributed by atoms with Crippen LogP contribution in [0, 0.1) is 18.3 Å². The summed E-state index contributed by atoms with van der Waals surface area (Å²) in [5, 5.41) is 3.64. The van der Waals surface area contributed by atoms with Gasteiger partial charge in [-0.1, -0.05) is 0 Å². The molecule has 2 saturated heterocycles. The molecule has 0 amide bonds. The predicted molar refractivity (Wildman–Crippen MR) is 111 cm³/mol. The Kier molecular flexibility index (Phi) is 5.88. The van der Waals surface area contributed by atoms with Gasteiger partial charge in [-0.2, -0.15) is 0 Å². The van der Waals surface area contributed by atoms with E-state index in [2.05, 4.69) is 29.3 Å². The van der Waals surface area contributed by atoms with E-state index in [9.17, 15) is 0 Å². The minimum atomic E-state index is 0.424. The van der Waals surface area contributed by atoms with Gasteiger partial charge in [0.15, 0.2) is 0 Å². The molecule has 150 valence electrons. The van der Waals surface area contributed by atoms with Crippen molar-refractivity contribution in [2.24, 2.45) is 17.1 Å². The molecule has 27 heavy (non-hydrogen) atoms. The van der Waals surface area contributed by atoms with Crippen molar-refractivity contribution < 1.29 is 4.74 Å². The van der Waals surface area contributed by atoms with E-state index in [-0.39, 0.29) is 0 Å². The lowest BCUT2D eigenvalue weighted by Crippen LogP contribution is -2.44. The van der Waals surface area contributed by atoms with Gasteiger partial charge in [-0.05, 0) is 81.8 Å². The maximum absolute atomic E-state index is 6.02. The van der Waals surface area contributed by atoms with Crippen molar-refractivity contribution in [2.45, 2.75) is 64.3 Å². The molecule has 0 radical (unpaired) electrons. The van der Waals surface area contributed by atoms with Crippen LogP contribution in [0.3, 0.4) is 0 Å². The molecule has 0 bridgehead atoms. The number of nitrogens with zero attached hydrogens (tertiary/aromatic N) is 2. The summed E-state index contributed by atoms with van der Waals surface area (Å²) < 4.78 is 5.77. The molecule has 1 aromatic heterocycles. The highest BCUT2D eigenvalue weighted by atomic mass is 16.5. The average molecular weight is 373 g/mol. The SMILES string of the molecule is Cc1nc(N2CCC3(CCCOC3)CC2)ccc1NCC1CCC(N)CC1. The fraction of sp³-hybridized carbons (Fsp3) is 0.773. The average Bonchev–Trinajstić information content (AvgIpc) is 2.69. The molecule has 0 atom stereocenters. The van der Waals surface area contributed by atoms with Gasteiger partial charge >= 0.3 is 0 Å². The van der Waals surface area contributed by atoms with Crippen LogP contribution in [0.5, 0.6) is 0 Å². The molecule has 5 heteroatoms. The van der Waals surface area contributed by atoms with Gasteiger partial charge in [0.25, 0.3) is 0 Å². The van der Waals surface area contributed by atoms with Gasteiger partial charge in [0.2, 0.25) is 0 Å². The standard InChI is InChI=1S/C22H36N4O/c1-17-20(24-15-18-3-5-19(23)6-4-18)7-8-21(25-17)26-12-10-22(11-13-26)9-2-14-27-16-22/h7-8,18-19,24H,2-6,9-16,23H2,1H3. The Hall–Kier alpha value is -1.33. The number of aromatic nitrogens is 1. The zero-order chi connectivity index (χ0) is 18.7. The summed E-state index contributed by atoms with van der Waals surface area (Å²) in [6, 6.07) is 4.84. The van der Waals surface area contributed by atoms with Gasteiger partial charge in [0.1, 0.15) is 5.82 Å². The molecule has 5 nitrogen and oxygen atoms in total. The van der Waals surface area contributed by atoms with Gasteiger partial charge in [-0.25, -0.2) is 4.98 Å². The third-order valence-electron chi connectivity index (χ3n) is 7.10. The van der Waals surface area contributed by atoms with Crippen LogP contribution in [0.25, 0.3) is 0 Å². The summed E-state index contributed by atoms with van der Waals surface area (Å²) in [7, 11) is 0. The molecule has 0 aromatic carbocycles. The molecule has 3 heterocycles. The normalized spacial score (nSPS) is 28.3. The minimum Gasteiger partial charge on any atom is -0.383 e. The second-order valence-corrected chi connectivity index (χ2v) is 9.11. The number of pyridine rings is 1. The molecule has 0 unspecified atom stereocenters. The Balaban J connectivity index is 1.30. The van der Waals surface area contributed by atoms with Gasteiger partial charge < -0.3 is 20.7 Å². The van der Waals surface area contributed by atoms with Crippen LogP contribution in [-0.4, -0.2) is 43.9 Å². The highest BCUT2D eigenvalue weighted by Gasteiger charge is 2.36. The number of aryl methyl sites for hydroxylation is 1. The van der Waals surface area contributed by atoms with E-state index in [1.807, 2.05) is 0 Å². The fourth-order valence-electron chi connectivity index (χ4n) is 5.07. The van der Waals surface area contributed by atoms with Crippen LogP contribution in [0.15, 0.2) is 12.1 Å². The summed E-state index contributed by atoms with van der Waals surface area (Å²) in [6.45, 7) is 7.29. The maximum atomic E-state index is 6.02. The highest BCUT2D eigenvalue weighted by Crippen LogP contribution is 2.39. The van der Waals surface area contributed by atoms with Crippen molar-refractivity contribution in [1.29, 1.82) is 0 Å². The monoisotopic (exact) mass is 372 g/mol. The van der Waals surface area contributed by atoms with Crippen LogP contribution in [0.1, 0.15) is 57.1 Å². The smallest absolute Gasteiger partial charge is 0.128 e. The molecule has 2 aliphatic heterocycles. The lowest BCUT2D eigenvalue weighted by molar-refractivity contribution is -0.0210. The van der Waals surface area contributed by atoms with Gasteiger partial charge in [0.05, 0.1) is 18.0 Å². The van der Waals surface area contributed by atoms with E-state index in [0.29, 0.717) is 11.5 Å². The predicted octanol–water partition coefficient (Wildman–Crippen LogP) is 3.72. The van der Waals surface area contributed by atoms with Crippen LogP contribution in [0.4, 0.5) is 11.5 Å². The Morgan fingerprint density at radius 2 is 1.96 bits per heavy atom. The number of ether oxygens (including phenoxy) is 1. The third kappa shape index (κ3) is 4.57. The molecule has 3 aliphatic rings. The summed E-state index contributed by atoms with van der Waals surface area (Å²) in [6.07, 6.45) is 9.87. The molecule has 1 spiro atoms. The highest BCUT2D eigenvalue weighted by molar-refractivity contribution is 5.53. The molecule has 3 fully saturated rings. The molecule has 4 rings (SSSR count). The molecule has 1 aliphatic carbocycles. The van der Waals surface area contributed by atoms with E-state index in [4.69, 9.17) is 15.5 Å². The van der Waals surface area contributed by atoms with E-state index in [1.54, 1.807) is 0 Å². The van der Waals surface area contributed by atoms with Crippen LogP contribution < -0.4 is 16.0 Å². The van der Waals surface area contributed by atoms with E-state index in [0.717, 1.165) is 50.3 Å². The molecule has 1 aromatic rings. The zero-order valence-corrected chi connectivity index (χ0v) is 16.9. The summed E-state index contributed by atoms with van der Waals surface area (Å²) in [5.41, 5.74) is 8.75. The third-order valence-corrected chi connectivity index (χ3v) is 7.10. The number of hydrogen-bond acceptors (Lipinski definition) is 5. The molecular formula is C22H36N4O. The lowest BCUT2D eigenvalue weighted by atomic mass is 9.74. The van der Waals surface area contributed by atoms with Crippen molar-refractivity contribution in [3.63, 3.8) is 0 Å². The van der Waals surface area contributed by atoms with Crippen molar-refractivity contribution in [2.75, 3.05) is 43.1 Å². The topological polar surface area (TPSA) is 63.4 Å². The minimum absolute atomic E-state index is 0.424. The zero-order valence-electron chi connectivity index (χ0n) is 16.9. The van der Waals surface area contributed by atoms with Crippen molar-refractivity contribution in [1.82, 2.24) is 4.98 Å². The Labute approximate surface area is 164 Å². The van der Waals surface area contributed by atoms with Gasteiger partial charge in [0, 0.05) is 32.3 Å². The van der Waals surface area contributed by atoms with Crippen LogP contribution in [-0.2, 0) is 4.74 Å². The summed E-state index contributed by atoms with van der Waals surface area (Å²) in [4.78, 5) is 7.38. The number of rotatable bonds is 4.